The van der Waals surface area contributed by atoms with Crippen molar-refractivity contribution in [3.05, 3.63) is 57.0 Å². The molecule has 2 aromatic carbocycles. The van der Waals surface area contributed by atoms with Crippen LogP contribution in [0.15, 0.2) is 50.7 Å². The lowest BCUT2D eigenvalue weighted by molar-refractivity contribution is 0.279. The molecule has 0 aromatic heterocycles. The van der Waals surface area contributed by atoms with Gasteiger partial charge in [0.25, 0.3) is 0 Å². The molecule has 1 atom stereocenters. The molecule has 0 fully saturated rings. The summed E-state index contributed by atoms with van der Waals surface area (Å²) < 4.78 is 15.9. The Morgan fingerprint density at radius 2 is 1.96 bits per heavy atom. The third-order valence-electron chi connectivity index (χ3n) is 3.41. The van der Waals surface area contributed by atoms with E-state index in [1.54, 1.807) is 0 Å². The van der Waals surface area contributed by atoms with Crippen molar-refractivity contribution in [3.8, 4) is 0 Å². The highest BCUT2D eigenvalue weighted by molar-refractivity contribution is 9.10. The first kappa shape index (κ1) is 21.1. The summed E-state index contributed by atoms with van der Waals surface area (Å²) in [5.41, 5.74) is 1.81. The summed E-state index contributed by atoms with van der Waals surface area (Å²) >= 11 is 10.2. The van der Waals surface area contributed by atoms with Gasteiger partial charge in [0.1, 0.15) is 4.75 Å². The van der Waals surface area contributed by atoms with E-state index in [2.05, 4.69) is 20.7 Å². The van der Waals surface area contributed by atoms with E-state index in [0.29, 0.717) is 11.6 Å². The van der Waals surface area contributed by atoms with Gasteiger partial charge >= 0.3 is 0 Å². The summed E-state index contributed by atoms with van der Waals surface area (Å²) in [6, 6.07) is 11.4. The van der Waals surface area contributed by atoms with Crippen LogP contribution in [0.25, 0.3) is 0 Å². The predicted molar refractivity (Wildman–Crippen MR) is 110 cm³/mol. The van der Waals surface area contributed by atoms with E-state index in [1.807, 2.05) is 57.2 Å². The highest BCUT2D eigenvalue weighted by Gasteiger charge is 2.26. The minimum Gasteiger partial charge on any atom is -0.598 e. The topological polar surface area (TPSA) is 55.3 Å². The van der Waals surface area contributed by atoms with Crippen LogP contribution in [0.5, 0.6) is 0 Å². The Kier molecular flexibility index (Phi) is 7.70. The van der Waals surface area contributed by atoms with Gasteiger partial charge in [-0.05, 0) is 50.1 Å². The Hall–Kier alpha value is -0.210. The summed E-state index contributed by atoms with van der Waals surface area (Å²) in [5, 5.41) is 10.2. The number of hydrogen-bond acceptors (Lipinski definition) is 4. The predicted octanol–water partition coefficient (Wildman–Crippen LogP) is 5.30. The van der Waals surface area contributed by atoms with Gasteiger partial charge in [0.15, 0.2) is 0 Å². The van der Waals surface area contributed by atoms with Gasteiger partial charge < -0.3 is 9.66 Å². The Balaban J connectivity index is 2.28. The van der Waals surface area contributed by atoms with E-state index >= 15 is 0 Å². The van der Waals surface area contributed by atoms with Crippen molar-refractivity contribution >= 4 is 50.7 Å². The van der Waals surface area contributed by atoms with Gasteiger partial charge in [-0.25, -0.2) is 0 Å². The molecular weight excluding hydrogens is 442 g/mol. The Morgan fingerprint density at radius 3 is 2.60 bits per heavy atom. The molecule has 0 radical (unpaired) electrons. The Bertz CT molecular complexity index is 738. The van der Waals surface area contributed by atoms with Gasteiger partial charge in [-0.1, -0.05) is 57.5 Å². The molecule has 0 saturated heterocycles. The maximum absolute atomic E-state index is 12.3. The molecule has 0 heterocycles. The first-order valence-electron chi connectivity index (χ1n) is 7.72. The molecule has 0 aliphatic carbocycles. The first-order valence-corrected chi connectivity index (χ1v) is 10.9. The van der Waals surface area contributed by atoms with Crippen LogP contribution in [0.2, 0.25) is 5.02 Å². The SMILES string of the molecule is CC(C)(C)[S+]([O-])NCc1cccc(Cl)c1Sc1cc(Br)ccc1CO. The standard InChI is InChI=1S/C18H21BrClNO2S2/c1-18(2,3)25(23)21-10-12-5-4-6-15(20)17(12)24-16-9-14(19)8-7-13(16)11-22/h4-9,21-22H,10-11H2,1-3H3. The fourth-order valence-corrected chi connectivity index (χ4v) is 4.68. The van der Waals surface area contributed by atoms with Gasteiger partial charge in [0.05, 0.1) is 18.2 Å². The van der Waals surface area contributed by atoms with Crippen molar-refractivity contribution in [2.24, 2.45) is 0 Å². The molecule has 25 heavy (non-hydrogen) atoms. The number of benzene rings is 2. The van der Waals surface area contributed by atoms with Crippen molar-refractivity contribution < 1.29 is 9.66 Å². The quantitative estimate of drug-likeness (QED) is 0.572. The van der Waals surface area contributed by atoms with E-state index < -0.39 is 11.4 Å². The van der Waals surface area contributed by atoms with Crippen LogP contribution < -0.4 is 4.72 Å². The number of aliphatic hydroxyl groups is 1. The maximum Gasteiger partial charge on any atom is 0.136 e. The number of hydrogen-bond donors (Lipinski definition) is 2. The average molecular weight is 463 g/mol. The number of aliphatic hydroxyl groups excluding tert-OH is 1. The minimum atomic E-state index is -1.16. The molecule has 0 bridgehead atoms. The number of halogens is 2. The highest BCUT2D eigenvalue weighted by Crippen LogP contribution is 2.39. The molecule has 1 unspecified atom stereocenters. The zero-order valence-corrected chi connectivity index (χ0v) is 18.3. The van der Waals surface area contributed by atoms with Crippen molar-refractivity contribution in [3.63, 3.8) is 0 Å². The molecule has 3 nitrogen and oxygen atoms in total. The summed E-state index contributed by atoms with van der Waals surface area (Å²) in [4.78, 5) is 1.83. The van der Waals surface area contributed by atoms with Crippen LogP contribution in [-0.4, -0.2) is 14.4 Å². The lowest BCUT2D eigenvalue weighted by atomic mass is 10.2. The molecule has 136 valence electrons. The summed E-state index contributed by atoms with van der Waals surface area (Å²) in [7, 11) is 0. The van der Waals surface area contributed by atoms with Gasteiger partial charge in [-0.3, -0.25) is 0 Å². The second kappa shape index (κ2) is 9.13. The Morgan fingerprint density at radius 1 is 1.24 bits per heavy atom. The van der Waals surface area contributed by atoms with E-state index in [-0.39, 0.29) is 11.4 Å². The third-order valence-corrected chi connectivity index (χ3v) is 7.14. The second-order valence-corrected chi connectivity index (χ2v) is 10.9. The first-order chi connectivity index (χ1) is 11.7. The smallest absolute Gasteiger partial charge is 0.136 e. The van der Waals surface area contributed by atoms with E-state index in [1.165, 1.54) is 11.8 Å². The number of rotatable bonds is 6. The molecule has 0 amide bonds. The minimum absolute atomic E-state index is 0.0400. The van der Waals surface area contributed by atoms with Crippen LogP contribution in [-0.2, 0) is 24.5 Å². The van der Waals surface area contributed by atoms with Crippen molar-refractivity contribution in [2.75, 3.05) is 0 Å². The van der Waals surface area contributed by atoms with Gasteiger partial charge in [-0.2, -0.15) is 0 Å². The summed E-state index contributed by atoms with van der Waals surface area (Å²) in [6.45, 7) is 6.20. The molecule has 2 rings (SSSR count). The lowest BCUT2D eigenvalue weighted by Crippen LogP contribution is -2.39. The molecule has 0 spiro atoms. The fraction of sp³-hybridized carbons (Fsp3) is 0.333. The van der Waals surface area contributed by atoms with E-state index in [9.17, 15) is 9.66 Å². The van der Waals surface area contributed by atoms with Gasteiger partial charge in [0.2, 0.25) is 0 Å². The van der Waals surface area contributed by atoms with Crippen molar-refractivity contribution in [1.29, 1.82) is 0 Å². The molecule has 2 N–H and O–H groups in total. The average Bonchev–Trinajstić information content (AvgIpc) is 2.54. The van der Waals surface area contributed by atoms with E-state index in [0.717, 1.165) is 25.4 Å². The molecule has 7 heteroatoms. The zero-order chi connectivity index (χ0) is 18.6. The maximum atomic E-state index is 12.3. The van der Waals surface area contributed by atoms with Crippen LogP contribution >= 0.6 is 39.3 Å². The normalized spacial score (nSPS) is 13.1. The monoisotopic (exact) mass is 461 g/mol. The largest absolute Gasteiger partial charge is 0.598 e. The van der Waals surface area contributed by atoms with Crippen LogP contribution in [0.4, 0.5) is 0 Å². The van der Waals surface area contributed by atoms with Crippen molar-refractivity contribution in [1.82, 2.24) is 4.72 Å². The van der Waals surface area contributed by atoms with Crippen molar-refractivity contribution in [2.45, 2.75) is 48.5 Å². The molecule has 0 aliphatic heterocycles. The molecule has 0 aliphatic rings. The summed E-state index contributed by atoms with van der Waals surface area (Å²) in [6.07, 6.45) is 0. The lowest BCUT2D eigenvalue weighted by Gasteiger charge is -2.24. The van der Waals surface area contributed by atoms with Crippen LogP contribution in [0.1, 0.15) is 31.9 Å². The summed E-state index contributed by atoms with van der Waals surface area (Å²) in [5.74, 6) is 0. The Labute approximate surface area is 170 Å². The highest BCUT2D eigenvalue weighted by atomic mass is 79.9. The zero-order valence-electron chi connectivity index (χ0n) is 14.3. The van der Waals surface area contributed by atoms with Crippen LogP contribution in [0.3, 0.4) is 0 Å². The molecular formula is C18H21BrClNO2S2. The molecule has 0 saturated carbocycles. The fourth-order valence-electron chi connectivity index (χ4n) is 2.03. The van der Waals surface area contributed by atoms with Gasteiger partial charge in [-0.15, -0.1) is 4.72 Å². The van der Waals surface area contributed by atoms with E-state index in [4.69, 9.17) is 11.6 Å². The molecule has 2 aromatic rings. The van der Waals surface area contributed by atoms with Crippen LogP contribution in [0, 0.1) is 0 Å². The van der Waals surface area contributed by atoms with Gasteiger partial charge in [0, 0.05) is 25.6 Å². The second-order valence-electron chi connectivity index (χ2n) is 6.44. The third kappa shape index (κ3) is 5.89. The number of nitrogens with one attached hydrogen (secondary N) is 1.